The van der Waals surface area contributed by atoms with E-state index in [9.17, 15) is 4.79 Å². The van der Waals surface area contributed by atoms with Gasteiger partial charge in [-0.25, -0.2) is 4.98 Å². The fourth-order valence-corrected chi connectivity index (χ4v) is 5.97. The molecule has 0 radical (unpaired) electrons. The first-order valence-corrected chi connectivity index (χ1v) is 11.8. The minimum absolute atomic E-state index is 0.0300. The van der Waals surface area contributed by atoms with Gasteiger partial charge in [-0.3, -0.25) is 4.79 Å². The van der Waals surface area contributed by atoms with Crippen molar-refractivity contribution in [3.8, 4) is 5.75 Å². The van der Waals surface area contributed by atoms with Gasteiger partial charge in [0.1, 0.15) is 10.6 Å². The lowest BCUT2D eigenvalue weighted by molar-refractivity contribution is 0.308. The van der Waals surface area contributed by atoms with Gasteiger partial charge in [-0.05, 0) is 62.1 Å². The maximum atomic E-state index is 12.6. The summed E-state index contributed by atoms with van der Waals surface area (Å²) in [4.78, 5) is 22.6. The predicted octanol–water partition coefficient (Wildman–Crippen LogP) is 5.37. The Balaban J connectivity index is 1.32. The number of thiophene rings is 1. The van der Waals surface area contributed by atoms with Gasteiger partial charge in [-0.1, -0.05) is 36.9 Å². The largest absolute Gasteiger partial charge is 0.493 e. The number of thioether (sulfide) groups is 1. The zero-order valence-electron chi connectivity index (χ0n) is 16.4. The number of fused-ring (bicyclic) bond motifs is 3. The van der Waals surface area contributed by atoms with E-state index in [1.54, 1.807) is 23.1 Å². The van der Waals surface area contributed by atoms with Crippen LogP contribution >= 0.6 is 23.1 Å². The minimum atomic E-state index is 0.0300. The Kier molecular flexibility index (Phi) is 6.07. The molecule has 0 unspecified atom stereocenters. The number of benzene rings is 1. The monoisotopic (exact) mass is 414 g/mol. The zero-order valence-corrected chi connectivity index (χ0v) is 18.0. The van der Waals surface area contributed by atoms with Crippen molar-refractivity contribution in [1.29, 1.82) is 0 Å². The number of hydrogen-bond acceptors (Lipinski definition) is 5. The Morgan fingerprint density at radius 1 is 1.32 bits per heavy atom. The number of para-hydroxylation sites is 1. The molecular weight excluding hydrogens is 388 g/mol. The molecule has 1 aliphatic carbocycles. The first kappa shape index (κ1) is 19.5. The summed E-state index contributed by atoms with van der Waals surface area (Å²) in [5.74, 6) is 2.59. The van der Waals surface area contributed by atoms with Gasteiger partial charge in [0.05, 0.1) is 12.0 Å². The molecule has 1 aliphatic rings. The predicted molar refractivity (Wildman–Crippen MR) is 118 cm³/mol. The summed E-state index contributed by atoms with van der Waals surface area (Å²) < 4.78 is 5.84. The molecule has 1 atom stereocenters. The zero-order chi connectivity index (χ0) is 19.5. The molecule has 0 saturated heterocycles. The van der Waals surface area contributed by atoms with Crippen molar-refractivity contribution in [3.05, 3.63) is 50.6 Å². The van der Waals surface area contributed by atoms with Crippen LogP contribution in [0.3, 0.4) is 0 Å². The van der Waals surface area contributed by atoms with Gasteiger partial charge in [0.15, 0.2) is 5.16 Å². The molecule has 2 heterocycles. The molecule has 148 valence electrons. The summed E-state index contributed by atoms with van der Waals surface area (Å²) in [6.07, 6.45) is 5.27. The molecule has 1 N–H and O–H groups in total. The number of aromatic nitrogens is 2. The van der Waals surface area contributed by atoms with E-state index in [-0.39, 0.29) is 5.56 Å². The van der Waals surface area contributed by atoms with Crippen LogP contribution in [0.15, 0.2) is 34.2 Å². The van der Waals surface area contributed by atoms with Crippen LogP contribution in [0.25, 0.3) is 10.2 Å². The number of rotatable bonds is 7. The molecule has 3 aromatic rings. The molecule has 1 aromatic carbocycles. The van der Waals surface area contributed by atoms with Crippen molar-refractivity contribution in [1.82, 2.24) is 9.97 Å². The molecule has 0 bridgehead atoms. The van der Waals surface area contributed by atoms with Crippen LogP contribution in [0.5, 0.6) is 5.75 Å². The second-order valence-electron chi connectivity index (χ2n) is 7.57. The van der Waals surface area contributed by atoms with Crippen LogP contribution in [0, 0.1) is 12.8 Å². The normalized spacial score (nSPS) is 16.3. The lowest BCUT2D eigenvalue weighted by atomic mass is 9.89. The van der Waals surface area contributed by atoms with Crippen LogP contribution in [0.2, 0.25) is 0 Å². The van der Waals surface area contributed by atoms with E-state index in [1.165, 1.54) is 22.4 Å². The highest BCUT2D eigenvalue weighted by Crippen LogP contribution is 2.36. The lowest BCUT2D eigenvalue weighted by Crippen LogP contribution is -2.13. The van der Waals surface area contributed by atoms with E-state index in [0.717, 1.165) is 52.6 Å². The second kappa shape index (κ2) is 8.70. The van der Waals surface area contributed by atoms with Gasteiger partial charge in [0, 0.05) is 10.6 Å². The van der Waals surface area contributed by atoms with Crippen LogP contribution in [0.4, 0.5) is 0 Å². The Hall–Kier alpha value is -1.79. The van der Waals surface area contributed by atoms with E-state index < -0.39 is 0 Å². The fraction of sp³-hybridized carbons (Fsp3) is 0.455. The summed E-state index contributed by atoms with van der Waals surface area (Å²) in [6.45, 7) is 5.06. The molecule has 4 rings (SSSR count). The van der Waals surface area contributed by atoms with E-state index in [0.29, 0.717) is 12.5 Å². The average Bonchev–Trinajstić information content (AvgIpc) is 3.03. The van der Waals surface area contributed by atoms with Gasteiger partial charge < -0.3 is 9.72 Å². The first-order valence-electron chi connectivity index (χ1n) is 9.97. The highest BCUT2D eigenvalue weighted by molar-refractivity contribution is 7.99. The highest BCUT2D eigenvalue weighted by Gasteiger charge is 2.23. The summed E-state index contributed by atoms with van der Waals surface area (Å²) in [7, 11) is 0. The van der Waals surface area contributed by atoms with Gasteiger partial charge in [0.2, 0.25) is 0 Å². The molecule has 0 saturated carbocycles. The first-order chi connectivity index (χ1) is 13.6. The minimum Gasteiger partial charge on any atom is -0.493 e. The average molecular weight is 415 g/mol. The Bertz CT molecular complexity index is 1030. The number of H-pyrrole nitrogens is 1. The van der Waals surface area contributed by atoms with Crippen molar-refractivity contribution in [2.45, 2.75) is 51.1 Å². The van der Waals surface area contributed by atoms with E-state index in [4.69, 9.17) is 9.72 Å². The number of nitrogens with one attached hydrogen (secondary N) is 1. The number of nitrogens with zero attached hydrogens (tertiary/aromatic N) is 1. The van der Waals surface area contributed by atoms with Gasteiger partial charge >= 0.3 is 0 Å². The number of unbranched alkanes of at least 4 members (excludes halogenated alkanes) is 1. The molecule has 4 nitrogen and oxygen atoms in total. The van der Waals surface area contributed by atoms with Gasteiger partial charge in [-0.2, -0.15) is 0 Å². The third-order valence-electron chi connectivity index (χ3n) is 5.27. The molecule has 2 aromatic heterocycles. The highest BCUT2D eigenvalue weighted by atomic mass is 32.2. The quantitative estimate of drug-likeness (QED) is 0.321. The number of aromatic amines is 1. The number of aryl methyl sites for hydroxylation is 2. The molecule has 0 aliphatic heterocycles. The molecule has 28 heavy (non-hydrogen) atoms. The van der Waals surface area contributed by atoms with E-state index >= 15 is 0 Å². The summed E-state index contributed by atoms with van der Waals surface area (Å²) >= 11 is 3.34. The van der Waals surface area contributed by atoms with Crippen LogP contribution in [-0.4, -0.2) is 22.3 Å². The van der Waals surface area contributed by atoms with Gasteiger partial charge in [0.25, 0.3) is 5.56 Å². The molecule has 6 heteroatoms. The third kappa shape index (κ3) is 4.28. The van der Waals surface area contributed by atoms with E-state index in [1.807, 2.05) is 18.2 Å². The van der Waals surface area contributed by atoms with Crippen molar-refractivity contribution < 1.29 is 4.74 Å². The Labute approximate surface area is 173 Å². The van der Waals surface area contributed by atoms with E-state index in [2.05, 4.69) is 24.9 Å². The van der Waals surface area contributed by atoms with Crippen LogP contribution in [-0.2, 0) is 12.8 Å². The summed E-state index contributed by atoms with van der Waals surface area (Å²) in [6, 6.07) is 8.09. The summed E-state index contributed by atoms with van der Waals surface area (Å²) in [5, 5.41) is 1.58. The summed E-state index contributed by atoms with van der Waals surface area (Å²) in [5.41, 5.74) is 2.44. The smallest absolute Gasteiger partial charge is 0.260 e. The lowest BCUT2D eigenvalue weighted by Gasteiger charge is -2.17. The molecule has 0 spiro atoms. The van der Waals surface area contributed by atoms with Crippen molar-refractivity contribution in [2.75, 3.05) is 12.4 Å². The maximum Gasteiger partial charge on any atom is 0.260 e. The molecule has 0 amide bonds. The maximum absolute atomic E-state index is 12.6. The van der Waals surface area contributed by atoms with Crippen LogP contribution in [0.1, 0.15) is 42.2 Å². The fourth-order valence-electron chi connectivity index (χ4n) is 3.67. The second-order valence-corrected chi connectivity index (χ2v) is 9.74. The topological polar surface area (TPSA) is 55.0 Å². The third-order valence-corrected chi connectivity index (χ3v) is 7.38. The van der Waals surface area contributed by atoms with Crippen LogP contribution < -0.4 is 10.3 Å². The van der Waals surface area contributed by atoms with Crippen molar-refractivity contribution in [3.63, 3.8) is 0 Å². The van der Waals surface area contributed by atoms with Crippen molar-refractivity contribution >= 4 is 33.3 Å². The Morgan fingerprint density at radius 2 is 2.18 bits per heavy atom. The Morgan fingerprint density at radius 3 is 3.04 bits per heavy atom. The SMILES string of the molecule is Cc1ccccc1OCCCCSc1nc2sc3c(c2c(=O)[nH]1)CC[C@@H](C)C3. The molecular formula is C22H26N2O2S2. The van der Waals surface area contributed by atoms with Gasteiger partial charge in [-0.15, -0.1) is 11.3 Å². The number of ether oxygens (including phenoxy) is 1. The molecule has 0 fully saturated rings. The van der Waals surface area contributed by atoms with Crippen molar-refractivity contribution in [2.24, 2.45) is 5.92 Å². The number of hydrogen-bond donors (Lipinski definition) is 1. The standard InChI is InChI=1S/C22H26N2O2S2/c1-14-9-10-16-18(13-14)28-21-19(16)20(25)23-22(24-21)27-12-6-5-11-26-17-8-4-3-7-15(17)2/h3-4,7-8,14H,5-6,9-13H2,1-2H3,(H,23,24,25)/t14-/m1/s1.